The molecule has 1 aromatic heterocycles. The average molecular weight is 614 g/mol. The zero-order chi connectivity index (χ0) is 30.8. The smallest absolute Gasteiger partial charge is 0.417 e. The maximum Gasteiger partial charge on any atom is 0.417 e. The van der Waals surface area contributed by atoms with E-state index in [4.69, 9.17) is 31.8 Å². The Hall–Kier alpha value is -4.25. The Morgan fingerprint density at radius 2 is 1.67 bits per heavy atom. The van der Waals surface area contributed by atoms with E-state index < -0.39 is 17.2 Å². The van der Waals surface area contributed by atoms with E-state index in [0.29, 0.717) is 72.1 Å². The third kappa shape index (κ3) is 6.41. The summed E-state index contributed by atoms with van der Waals surface area (Å²) in [6.45, 7) is 0.879. The summed E-state index contributed by atoms with van der Waals surface area (Å²) in [5, 5.41) is 3.14. The van der Waals surface area contributed by atoms with Gasteiger partial charge in [-0.25, -0.2) is 4.98 Å². The third-order valence-electron chi connectivity index (χ3n) is 7.88. The van der Waals surface area contributed by atoms with Crippen LogP contribution >= 0.6 is 11.6 Å². The summed E-state index contributed by atoms with van der Waals surface area (Å²) in [5.74, 6) is 1.53. The highest BCUT2D eigenvalue weighted by molar-refractivity contribution is 6.31. The highest BCUT2D eigenvalue weighted by Crippen LogP contribution is 2.39. The quantitative estimate of drug-likeness (QED) is 0.249. The van der Waals surface area contributed by atoms with Crippen LogP contribution in [0.3, 0.4) is 0 Å². The fraction of sp³-hybridized carbons (Fsp3) is 0.323. The van der Waals surface area contributed by atoms with Crippen LogP contribution in [0.1, 0.15) is 29.5 Å². The van der Waals surface area contributed by atoms with Crippen molar-refractivity contribution < 1.29 is 27.4 Å². The van der Waals surface area contributed by atoms with Gasteiger partial charge in [-0.15, -0.1) is 0 Å². The monoisotopic (exact) mass is 613 g/mol. The van der Waals surface area contributed by atoms with Crippen LogP contribution in [0, 0.1) is 5.41 Å². The summed E-state index contributed by atoms with van der Waals surface area (Å²) >= 11 is 5.77. The normalized spacial score (nSPS) is 14.9. The lowest BCUT2D eigenvalue weighted by molar-refractivity contribution is -0.137. The van der Waals surface area contributed by atoms with Crippen LogP contribution in [0.4, 0.5) is 24.9 Å². The number of amides is 1. The summed E-state index contributed by atoms with van der Waals surface area (Å²) in [5.41, 5.74) is 6.48. The molecule has 226 valence electrons. The molecular weight excluding hydrogens is 583 g/mol. The van der Waals surface area contributed by atoms with Crippen molar-refractivity contribution in [3.63, 3.8) is 0 Å². The van der Waals surface area contributed by atoms with Gasteiger partial charge in [0.2, 0.25) is 11.9 Å². The molecule has 0 saturated carbocycles. The zero-order valence-electron chi connectivity index (χ0n) is 23.7. The predicted molar refractivity (Wildman–Crippen MR) is 159 cm³/mol. The molecule has 4 aromatic rings. The third-order valence-corrected chi connectivity index (χ3v) is 8.21. The van der Waals surface area contributed by atoms with Gasteiger partial charge in [-0.1, -0.05) is 48.0 Å². The number of nitrogen functional groups attached to an aromatic ring is 1. The number of benzene rings is 3. The number of alkyl halides is 3. The molecule has 12 heteroatoms. The number of carbonyl (C=O) groups is 1. The molecule has 0 aliphatic carbocycles. The highest BCUT2D eigenvalue weighted by Gasteiger charge is 2.42. The number of hydrogen-bond acceptors (Lipinski definition) is 7. The van der Waals surface area contributed by atoms with E-state index in [1.54, 1.807) is 19.2 Å². The Morgan fingerprint density at radius 3 is 2.33 bits per heavy atom. The lowest BCUT2D eigenvalue weighted by atomic mass is 9.73. The molecule has 1 aliphatic heterocycles. The lowest BCUT2D eigenvalue weighted by Crippen LogP contribution is -2.50. The summed E-state index contributed by atoms with van der Waals surface area (Å²) in [6.07, 6.45) is -3.19. The molecule has 1 amide bonds. The summed E-state index contributed by atoms with van der Waals surface area (Å²) in [6, 6.07) is 16.8. The first-order chi connectivity index (χ1) is 20.5. The van der Waals surface area contributed by atoms with Gasteiger partial charge in [-0.3, -0.25) is 4.79 Å². The zero-order valence-corrected chi connectivity index (χ0v) is 24.4. The van der Waals surface area contributed by atoms with Crippen molar-refractivity contribution in [3.8, 4) is 11.5 Å². The maximum absolute atomic E-state index is 13.8. The Labute approximate surface area is 252 Å². The number of nitrogens with two attached hydrogens (primary N) is 1. The van der Waals surface area contributed by atoms with E-state index in [2.05, 4.69) is 10.3 Å². The molecule has 0 unspecified atom stereocenters. The van der Waals surface area contributed by atoms with Crippen LogP contribution in [0.5, 0.6) is 11.5 Å². The molecule has 0 atom stereocenters. The molecule has 5 rings (SSSR count). The number of rotatable bonds is 8. The van der Waals surface area contributed by atoms with Gasteiger partial charge < -0.3 is 25.4 Å². The minimum Gasteiger partial charge on any atom is -0.493 e. The molecule has 43 heavy (non-hydrogen) atoms. The Morgan fingerprint density at radius 1 is 1.00 bits per heavy atom. The second kappa shape index (κ2) is 12.2. The number of nitrogens with one attached hydrogen (secondary N) is 1. The van der Waals surface area contributed by atoms with Crippen LogP contribution < -0.4 is 25.4 Å². The Balaban J connectivity index is 1.37. The topological polar surface area (TPSA) is 103 Å². The number of piperidine rings is 1. The number of carbonyl (C=O) groups excluding carboxylic acids is 1. The van der Waals surface area contributed by atoms with Crippen LogP contribution in [-0.2, 0) is 23.9 Å². The lowest BCUT2D eigenvalue weighted by Gasteiger charge is -2.41. The van der Waals surface area contributed by atoms with Crippen LogP contribution in [0.15, 0.2) is 60.7 Å². The number of halogens is 4. The van der Waals surface area contributed by atoms with Crippen molar-refractivity contribution in [2.24, 2.45) is 5.41 Å². The first-order valence-corrected chi connectivity index (χ1v) is 14.0. The van der Waals surface area contributed by atoms with Crippen molar-refractivity contribution >= 4 is 40.2 Å². The van der Waals surface area contributed by atoms with Crippen molar-refractivity contribution in [1.29, 1.82) is 0 Å². The van der Waals surface area contributed by atoms with Gasteiger partial charge in [0.25, 0.3) is 0 Å². The predicted octanol–water partition coefficient (Wildman–Crippen LogP) is 6.05. The molecule has 2 heterocycles. The molecule has 1 saturated heterocycles. The molecule has 3 N–H and O–H groups in total. The van der Waals surface area contributed by atoms with Gasteiger partial charge in [0, 0.05) is 31.1 Å². The minimum absolute atomic E-state index is 0.0606. The van der Waals surface area contributed by atoms with Crippen molar-refractivity contribution in [2.45, 2.75) is 32.0 Å². The molecule has 0 spiro atoms. The number of anilines is 2. The number of hydrogen-bond donors (Lipinski definition) is 2. The summed E-state index contributed by atoms with van der Waals surface area (Å²) < 4.78 is 50.9. The van der Waals surface area contributed by atoms with E-state index in [0.717, 1.165) is 11.6 Å². The SMILES string of the molecule is COc1cc2nc(N3CCC(Cc4ccccc4)(C(=O)NCc4ccc(Cl)c(C(F)(F)F)c4)CC3)nc(N)c2cc1OC. The van der Waals surface area contributed by atoms with Crippen LogP contribution in [0.2, 0.25) is 5.02 Å². The number of methoxy groups -OCH3 is 2. The minimum atomic E-state index is -4.59. The Kier molecular flexibility index (Phi) is 8.55. The molecule has 0 bridgehead atoms. The summed E-state index contributed by atoms with van der Waals surface area (Å²) in [4.78, 5) is 25.0. The first kappa shape index (κ1) is 30.2. The van der Waals surface area contributed by atoms with E-state index in [-0.39, 0.29) is 17.5 Å². The van der Waals surface area contributed by atoms with E-state index in [1.165, 1.54) is 19.2 Å². The molecule has 0 radical (unpaired) electrons. The summed E-state index contributed by atoms with van der Waals surface area (Å²) in [7, 11) is 3.08. The van der Waals surface area contributed by atoms with Crippen molar-refractivity contribution in [2.75, 3.05) is 37.9 Å². The van der Waals surface area contributed by atoms with Gasteiger partial charge in [0.05, 0.1) is 35.7 Å². The number of ether oxygens (including phenoxy) is 2. The van der Waals surface area contributed by atoms with E-state index in [1.807, 2.05) is 35.2 Å². The molecule has 8 nitrogen and oxygen atoms in total. The standard InChI is InChI=1S/C31H31ClF3N5O3/c1-42-25-15-21-24(16-26(25)43-2)38-29(39-27(21)36)40-12-10-30(11-13-40,17-19-6-4-3-5-7-19)28(41)37-18-20-8-9-23(32)22(14-20)31(33,34)35/h3-9,14-16H,10-13,17-18H2,1-2H3,(H,37,41)(H2,36,38,39). The first-order valence-electron chi connectivity index (χ1n) is 13.6. The fourth-order valence-corrected chi connectivity index (χ4v) is 5.71. The van der Waals surface area contributed by atoms with Gasteiger partial charge in [-0.2, -0.15) is 18.2 Å². The molecule has 1 aliphatic rings. The fourth-order valence-electron chi connectivity index (χ4n) is 5.48. The van der Waals surface area contributed by atoms with Gasteiger partial charge in [0.15, 0.2) is 11.5 Å². The van der Waals surface area contributed by atoms with Crippen LogP contribution in [-0.4, -0.2) is 43.2 Å². The van der Waals surface area contributed by atoms with Gasteiger partial charge >= 0.3 is 6.18 Å². The molecule has 1 fully saturated rings. The van der Waals surface area contributed by atoms with E-state index in [9.17, 15) is 18.0 Å². The molecule has 3 aromatic carbocycles. The van der Waals surface area contributed by atoms with Gasteiger partial charge in [0.1, 0.15) is 5.82 Å². The van der Waals surface area contributed by atoms with Crippen LogP contribution in [0.25, 0.3) is 10.9 Å². The number of nitrogens with zero attached hydrogens (tertiary/aromatic N) is 3. The van der Waals surface area contributed by atoms with Crippen molar-refractivity contribution in [1.82, 2.24) is 15.3 Å². The molecular formula is C31H31ClF3N5O3. The second-order valence-electron chi connectivity index (χ2n) is 10.6. The second-order valence-corrected chi connectivity index (χ2v) is 11.0. The number of fused-ring (bicyclic) bond motifs is 1. The van der Waals surface area contributed by atoms with Gasteiger partial charge in [-0.05, 0) is 48.6 Å². The Bertz CT molecular complexity index is 1630. The highest BCUT2D eigenvalue weighted by atomic mass is 35.5. The average Bonchev–Trinajstić information content (AvgIpc) is 3.00. The van der Waals surface area contributed by atoms with Crippen molar-refractivity contribution in [3.05, 3.63) is 82.4 Å². The maximum atomic E-state index is 13.8. The largest absolute Gasteiger partial charge is 0.493 e. The number of aromatic nitrogens is 2. The van der Waals surface area contributed by atoms with E-state index >= 15 is 0 Å².